The smallest absolute Gasteiger partial charge is 0.238 e. The molecule has 0 aliphatic carbocycles. The van der Waals surface area contributed by atoms with Crippen molar-refractivity contribution in [3.05, 3.63) is 64.7 Å². The molecular weight excluding hydrogens is 394 g/mol. The van der Waals surface area contributed by atoms with E-state index in [4.69, 9.17) is 11.6 Å². The van der Waals surface area contributed by atoms with Crippen LogP contribution in [0.4, 0.5) is 0 Å². The molecule has 4 nitrogen and oxygen atoms in total. The number of likely N-dealkylation sites (tertiary alicyclic amines) is 1. The second-order valence-corrected chi connectivity index (χ2v) is 9.99. The average Bonchev–Trinajstić information content (AvgIpc) is 2.68. The largest absolute Gasteiger partial charge is 0.342 e. The van der Waals surface area contributed by atoms with Gasteiger partial charge in [-0.1, -0.05) is 41.4 Å². The molecular formula is C22H26ClNO3S. The van der Waals surface area contributed by atoms with Crippen LogP contribution >= 0.6 is 11.6 Å². The molecule has 1 fully saturated rings. The molecule has 0 saturated carbocycles. The molecule has 0 aromatic heterocycles. The first-order valence-corrected chi connectivity index (χ1v) is 11.7. The van der Waals surface area contributed by atoms with Crippen molar-refractivity contribution in [3.8, 4) is 0 Å². The highest BCUT2D eigenvalue weighted by atomic mass is 35.5. The number of carbonyl (C=O) groups is 1. The molecule has 1 aliphatic rings. The molecule has 2 aromatic carbocycles. The third-order valence-electron chi connectivity index (χ3n) is 5.42. The van der Waals surface area contributed by atoms with E-state index in [1.807, 2.05) is 0 Å². The molecule has 28 heavy (non-hydrogen) atoms. The van der Waals surface area contributed by atoms with Crippen LogP contribution in [0.2, 0.25) is 5.02 Å². The molecule has 0 bridgehead atoms. The quantitative estimate of drug-likeness (QED) is 0.701. The van der Waals surface area contributed by atoms with Crippen molar-refractivity contribution in [2.75, 3.05) is 18.8 Å². The van der Waals surface area contributed by atoms with Crippen LogP contribution in [0, 0.1) is 12.8 Å². The van der Waals surface area contributed by atoms with Gasteiger partial charge in [-0.25, -0.2) is 8.42 Å². The first kappa shape index (κ1) is 20.9. The zero-order chi connectivity index (χ0) is 20.1. The molecule has 1 aliphatic heterocycles. The van der Waals surface area contributed by atoms with Crippen molar-refractivity contribution >= 4 is 27.3 Å². The van der Waals surface area contributed by atoms with E-state index < -0.39 is 15.6 Å². The molecule has 1 amide bonds. The Morgan fingerprint density at radius 1 is 1.04 bits per heavy atom. The van der Waals surface area contributed by atoms with Crippen LogP contribution in [-0.4, -0.2) is 38.1 Å². The fourth-order valence-electron chi connectivity index (χ4n) is 3.58. The minimum Gasteiger partial charge on any atom is -0.342 e. The highest BCUT2D eigenvalue weighted by molar-refractivity contribution is 7.92. The monoisotopic (exact) mass is 419 g/mol. The molecule has 1 heterocycles. The fraction of sp³-hybridized carbons (Fsp3) is 0.409. The number of rotatable bonds is 6. The maximum absolute atomic E-state index is 12.5. The van der Waals surface area contributed by atoms with Gasteiger partial charge in [-0.15, -0.1) is 0 Å². The third kappa shape index (κ3) is 5.58. The summed E-state index contributed by atoms with van der Waals surface area (Å²) >= 11 is 5.80. The number of halogens is 1. The summed E-state index contributed by atoms with van der Waals surface area (Å²) in [5, 5.41) is 0.470. The van der Waals surface area contributed by atoms with Gasteiger partial charge in [0, 0.05) is 18.1 Å². The van der Waals surface area contributed by atoms with Gasteiger partial charge in [0.2, 0.25) is 5.91 Å². The Kier molecular flexibility index (Phi) is 6.78. The van der Waals surface area contributed by atoms with Crippen molar-refractivity contribution in [1.82, 2.24) is 4.90 Å². The first-order chi connectivity index (χ1) is 13.3. The number of benzene rings is 2. The summed E-state index contributed by atoms with van der Waals surface area (Å²) in [6.45, 7) is 3.35. The van der Waals surface area contributed by atoms with Crippen LogP contribution in [0.25, 0.3) is 0 Å². The molecule has 3 rings (SSSR count). The zero-order valence-electron chi connectivity index (χ0n) is 16.1. The molecule has 1 saturated heterocycles. The van der Waals surface area contributed by atoms with E-state index in [0.29, 0.717) is 24.0 Å². The molecule has 0 N–H and O–H groups in total. The van der Waals surface area contributed by atoms with Crippen molar-refractivity contribution in [1.29, 1.82) is 0 Å². The highest BCUT2D eigenvalue weighted by Crippen LogP contribution is 2.23. The van der Waals surface area contributed by atoms with E-state index in [-0.39, 0.29) is 10.8 Å². The number of amides is 1. The maximum atomic E-state index is 12.5. The lowest BCUT2D eigenvalue weighted by molar-refractivity contribution is -0.129. The van der Waals surface area contributed by atoms with Crippen LogP contribution in [0.3, 0.4) is 0 Å². The predicted molar refractivity (Wildman–Crippen MR) is 112 cm³/mol. The summed E-state index contributed by atoms with van der Waals surface area (Å²) < 4.78 is 24.9. The molecule has 0 spiro atoms. The summed E-state index contributed by atoms with van der Waals surface area (Å²) in [6, 6.07) is 14.6. The number of hydrogen-bond donors (Lipinski definition) is 0. The Labute approximate surface area is 172 Å². The standard InChI is InChI=1S/C22H26ClNO3S/c1-17-2-4-18(5-3-17)6-7-19-12-14-24(15-13-19)22(25)16-28(26,27)21-10-8-20(23)9-11-21/h2-5,8-11,19H,6-7,12-16H2,1H3. The van der Waals surface area contributed by atoms with E-state index in [1.165, 1.54) is 35.4 Å². The van der Waals surface area contributed by atoms with Crippen molar-refractivity contribution in [2.24, 2.45) is 5.92 Å². The lowest BCUT2D eigenvalue weighted by Gasteiger charge is -2.32. The lowest BCUT2D eigenvalue weighted by Crippen LogP contribution is -2.41. The van der Waals surface area contributed by atoms with E-state index in [2.05, 4.69) is 31.2 Å². The Hall–Kier alpha value is -1.85. The molecule has 150 valence electrons. The van der Waals surface area contributed by atoms with Crippen molar-refractivity contribution in [3.63, 3.8) is 0 Å². The number of piperidine rings is 1. The van der Waals surface area contributed by atoms with Crippen LogP contribution in [-0.2, 0) is 21.1 Å². The van der Waals surface area contributed by atoms with Crippen molar-refractivity contribution < 1.29 is 13.2 Å². The third-order valence-corrected chi connectivity index (χ3v) is 7.28. The Bertz CT molecular complexity index is 900. The van der Waals surface area contributed by atoms with Crippen LogP contribution in [0.5, 0.6) is 0 Å². The SMILES string of the molecule is Cc1ccc(CCC2CCN(C(=O)CS(=O)(=O)c3ccc(Cl)cc3)CC2)cc1. The Balaban J connectivity index is 1.48. The molecule has 0 unspecified atom stereocenters. The van der Waals surface area contributed by atoms with Gasteiger partial charge in [-0.2, -0.15) is 0 Å². The second kappa shape index (κ2) is 9.10. The number of sulfone groups is 1. The molecule has 2 aromatic rings. The van der Waals surface area contributed by atoms with Gasteiger partial charge in [0.1, 0.15) is 5.75 Å². The maximum Gasteiger partial charge on any atom is 0.238 e. The minimum absolute atomic E-state index is 0.137. The fourth-order valence-corrected chi connectivity index (χ4v) is 4.93. The van der Waals surface area contributed by atoms with Crippen LogP contribution in [0.1, 0.15) is 30.4 Å². The van der Waals surface area contributed by atoms with Gasteiger partial charge in [-0.05, 0) is 68.4 Å². The van der Waals surface area contributed by atoms with Crippen LogP contribution < -0.4 is 0 Å². The van der Waals surface area contributed by atoms with E-state index in [0.717, 1.165) is 25.7 Å². The Morgan fingerprint density at radius 2 is 1.64 bits per heavy atom. The summed E-state index contributed by atoms with van der Waals surface area (Å²) in [5.41, 5.74) is 2.61. The second-order valence-electron chi connectivity index (χ2n) is 7.56. The number of hydrogen-bond acceptors (Lipinski definition) is 3. The highest BCUT2D eigenvalue weighted by Gasteiger charge is 2.27. The van der Waals surface area contributed by atoms with Gasteiger partial charge < -0.3 is 4.90 Å². The molecule has 6 heteroatoms. The van der Waals surface area contributed by atoms with E-state index >= 15 is 0 Å². The van der Waals surface area contributed by atoms with Crippen molar-refractivity contribution in [2.45, 2.75) is 37.5 Å². The normalized spacial score (nSPS) is 15.6. The average molecular weight is 420 g/mol. The summed E-state index contributed by atoms with van der Waals surface area (Å²) in [6.07, 6.45) is 4.01. The van der Waals surface area contributed by atoms with Crippen LogP contribution in [0.15, 0.2) is 53.4 Å². The van der Waals surface area contributed by atoms with E-state index in [1.54, 1.807) is 4.90 Å². The first-order valence-electron chi connectivity index (χ1n) is 9.65. The molecule has 0 radical (unpaired) electrons. The number of nitrogens with zero attached hydrogens (tertiary/aromatic N) is 1. The lowest BCUT2D eigenvalue weighted by atomic mass is 9.90. The Morgan fingerprint density at radius 3 is 2.25 bits per heavy atom. The van der Waals surface area contributed by atoms with Gasteiger partial charge in [-0.3, -0.25) is 4.79 Å². The van der Waals surface area contributed by atoms with Gasteiger partial charge in [0.05, 0.1) is 4.90 Å². The molecule has 0 atom stereocenters. The van der Waals surface area contributed by atoms with Gasteiger partial charge in [0.15, 0.2) is 9.84 Å². The predicted octanol–water partition coefficient (Wildman–Crippen LogP) is 4.29. The van der Waals surface area contributed by atoms with Gasteiger partial charge in [0.25, 0.3) is 0 Å². The van der Waals surface area contributed by atoms with Gasteiger partial charge >= 0.3 is 0 Å². The number of aryl methyl sites for hydroxylation is 2. The topological polar surface area (TPSA) is 54.5 Å². The minimum atomic E-state index is -3.64. The summed E-state index contributed by atoms with van der Waals surface area (Å²) in [5.74, 6) is -0.215. The van der Waals surface area contributed by atoms with E-state index in [9.17, 15) is 13.2 Å². The summed E-state index contributed by atoms with van der Waals surface area (Å²) in [7, 11) is -3.64. The summed E-state index contributed by atoms with van der Waals surface area (Å²) in [4.78, 5) is 14.3. The number of carbonyl (C=O) groups excluding carboxylic acids is 1. The zero-order valence-corrected chi connectivity index (χ0v) is 17.7.